The number of halogens is 2. The molecule has 0 aliphatic carbocycles. The van der Waals surface area contributed by atoms with Crippen LogP contribution >= 0.6 is 0 Å². The lowest BCUT2D eigenvalue weighted by molar-refractivity contribution is 0.298. The SMILES string of the molecule is CN(CCNC(C)(C)C)Cc1cccc(F)c1F. The van der Waals surface area contributed by atoms with E-state index in [9.17, 15) is 8.78 Å². The molecule has 0 fully saturated rings. The summed E-state index contributed by atoms with van der Waals surface area (Å²) < 4.78 is 26.5. The molecule has 0 saturated heterocycles. The zero-order valence-corrected chi connectivity index (χ0v) is 11.6. The molecule has 0 unspecified atom stereocenters. The second kappa shape index (κ2) is 6.25. The molecule has 0 radical (unpaired) electrons. The first-order chi connectivity index (χ1) is 8.29. The summed E-state index contributed by atoms with van der Waals surface area (Å²) in [6.07, 6.45) is 0. The molecule has 1 aromatic rings. The number of hydrogen-bond donors (Lipinski definition) is 1. The Hall–Kier alpha value is -1.00. The lowest BCUT2D eigenvalue weighted by Gasteiger charge is -2.23. The summed E-state index contributed by atoms with van der Waals surface area (Å²) in [5.41, 5.74) is 0.471. The quantitative estimate of drug-likeness (QED) is 0.871. The van der Waals surface area contributed by atoms with Gasteiger partial charge in [0.2, 0.25) is 0 Å². The van der Waals surface area contributed by atoms with Crippen molar-refractivity contribution in [1.29, 1.82) is 0 Å². The van der Waals surface area contributed by atoms with Gasteiger partial charge < -0.3 is 10.2 Å². The van der Waals surface area contributed by atoms with Gasteiger partial charge in [-0.15, -0.1) is 0 Å². The maximum Gasteiger partial charge on any atom is 0.163 e. The van der Waals surface area contributed by atoms with E-state index < -0.39 is 11.6 Å². The van der Waals surface area contributed by atoms with E-state index in [2.05, 4.69) is 26.1 Å². The average molecular weight is 256 g/mol. The van der Waals surface area contributed by atoms with Crippen molar-refractivity contribution < 1.29 is 8.78 Å². The smallest absolute Gasteiger partial charge is 0.163 e. The average Bonchev–Trinajstić information content (AvgIpc) is 2.23. The number of hydrogen-bond acceptors (Lipinski definition) is 2. The van der Waals surface area contributed by atoms with Crippen LogP contribution in [0.5, 0.6) is 0 Å². The van der Waals surface area contributed by atoms with Gasteiger partial charge in [0.1, 0.15) is 0 Å². The molecule has 0 aromatic heterocycles. The van der Waals surface area contributed by atoms with Gasteiger partial charge in [-0.1, -0.05) is 12.1 Å². The molecule has 0 atom stereocenters. The first-order valence-corrected chi connectivity index (χ1v) is 6.16. The largest absolute Gasteiger partial charge is 0.311 e. The predicted molar refractivity (Wildman–Crippen MR) is 70.4 cm³/mol. The summed E-state index contributed by atoms with van der Waals surface area (Å²) in [6, 6.07) is 4.29. The second-order valence-corrected chi connectivity index (χ2v) is 5.63. The van der Waals surface area contributed by atoms with Crippen molar-refractivity contribution in [3.8, 4) is 0 Å². The lowest BCUT2D eigenvalue weighted by atomic mass is 10.1. The van der Waals surface area contributed by atoms with Gasteiger partial charge in [0.25, 0.3) is 0 Å². The number of benzene rings is 1. The molecule has 1 aromatic carbocycles. The standard InChI is InChI=1S/C14H22F2N2/c1-14(2,3)17-8-9-18(4)10-11-6-5-7-12(15)13(11)16/h5-7,17H,8-10H2,1-4H3. The summed E-state index contributed by atoms with van der Waals surface area (Å²) in [5.74, 6) is -1.53. The van der Waals surface area contributed by atoms with Crippen LogP contribution in [0.25, 0.3) is 0 Å². The van der Waals surface area contributed by atoms with Crippen molar-refractivity contribution in [3.05, 3.63) is 35.4 Å². The monoisotopic (exact) mass is 256 g/mol. The normalized spacial score (nSPS) is 12.2. The summed E-state index contributed by atoms with van der Waals surface area (Å²) in [5, 5.41) is 3.36. The molecule has 2 nitrogen and oxygen atoms in total. The molecular weight excluding hydrogens is 234 g/mol. The fourth-order valence-corrected chi connectivity index (χ4v) is 1.66. The molecule has 0 saturated carbocycles. The Balaban J connectivity index is 2.45. The Morgan fingerprint density at radius 1 is 1.22 bits per heavy atom. The van der Waals surface area contributed by atoms with Gasteiger partial charge in [0.05, 0.1) is 0 Å². The first kappa shape index (κ1) is 15.1. The minimum atomic E-state index is -0.784. The molecule has 0 aliphatic rings. The van der Waals surface area contributed by atoms with Crippen LogP contribution in [-0.4, -0.2) is 30.6 Å². The Morgan fingerprint density at radius 2 is 1.89 bits per heavy atom. The van der Waals surface area contributed by atoms with Gasteiger partial charge in [-0.3, -0.25) is 0 Å². The predicted octanol–water partition coefficient (Wildman–Crippen LogP) is 2.78. The van der Waals surface area contributed by atoms with Crippen LogP contribution in [0.2, 0.25) is 0 Å². The highest BCUT2D eigenvalue weighted by Crippen LogP contribution is 2.12. The third-order valence-electron chi connectivity index (χ3n) is 2.62. The van der Waals surface area contributed by atoms with Crippen LogP contribution in [0.3, 0.4) is 0 Å². The highest BCUT2D eigenvalue weighted by molar-refractivity contribution is 5.18. The fourth-order valence-electron chi connectivity index (χ4n) is 1.66. The Labute approximate surface area is 108 Å². The van der Waals surface area contributed by atoms with Gasteiger partial charge >= 0.3 is 0 Å². The van der Waals surface area contributed by atoms with E-state index in [0.29, 0.717) is 12.1 Å². The minimum absolute atomic E-state index is 0.0744. The Bertz CT molecular complexity index is 386. The van der Waals surface area contributed by atoms with Crippen molar-refractivity contribution in [2.75, 3.05) is 20.1 Å². The van der Waals surface area contributed by atoms with Gasteiger partial charge in [-0.25, -0.2) is 8.78 Å². The van der Waals surface area contributed by atoms with E-state index in [1.54, 1.807) is 6.07 Å². The number of likely N-dealkylation sites (N-methyl/N-ethyl adjacent to an activating group) is 1. The molecule has 0 heterocycles. The summed E-state index contributed by atoms with van der Waals surface area (Å²) in [4.78, 5) is 1.97. The third kappa shape index (κ3) is 5.10. The number of rotatable bonds is 5. The summed E-state index contributed by atoms with van der Waals surface area (Å²) >= 11 is 0. The molecule has 0 spiro atoms. The maximum atomic E-state index is 13.5. The number of nitrogens with one attached hydrogen (secondary N) is 1. The van der Waals surface area contributed by atoms with Gasteiger partial charge in [-0.05, 0) is 33.9 Å². The molecule has 18 heavy (non-hydrogen) atoms. The molecule has 1 N–H and O–H groups in total. The van der Waals surface area contributed by atoms with Crippen LogP contribution in [0.4, 0.5) is 8.78 Å². The van der Waals surface area contributed by atoms with E-state index in [1.165, 1.54) is 6.07 Å². The van der Waals surface area contributed by atoms with Crippen LogP contribution in [-0.2, 0) is 6.54 Å². The van der Waals surface area contributed by atoms with Crippen LogP contribution in [0.15, 0.2) is 18.2 Å². The highest BCUT2D eigenvalue weighted by atomic mass is 19.2. The highest BCUT2D eigenvalue weighted by Gasteiger charge is 2.11. The van der Waals surface area contributed by atoms with E-state index in [1.807, 2.05) is 11.9 Å². The van der Waals surface area contributed by atoms with E-state index in [-0.39, 0.29) is 5.54 Å². The number of nitrogens with zero attached hydrogens (tertiary/aromatic N) is 1. The Kier molecular flexibility index (Phi) is 5.23. The van der Waals surface area contributed by atoms with Gasteiger partial charge in [0.15, 0.2) is 11.6 Å². The minimum Gasteiger partial charge on any atom is -0.311 e. The van der Waals surface area contributed by atoms with Crippen molar-refractivity contribution in [3.63, 3.8) is 0 Å². The first-order valence-electron chi connectivity index (χ1n) is 6.16. The fraction of sp³-hybridized carbons (Fsp3) is 0.571. The molecule has 102 valence electrons. The Morgan fingerprint density at radius 3 is 2.50 bits per heavy atom. The molecular formula is C14H22F2N2. The molecule has 4 heteroatoms. The van der Waals surface area contributed by atoms with Crippen molar-refractivity contribution in [2.24, 2.45) is 0 Å². The molecule has 0 bridgehead atoms. The zero-order chi connectivity index (χ0) is 13.8. The van der Waals surface area contributed by atoms with Gasteiger partial charge in [-0.2, -0.15) is 0 Å². The van der Waals surface area contributed by atoms with Crippen LogP contribution in [0, 0.1) is 11.6 Å². The maximum absolute atomic E-state index is 13.5. The van der Waals surface area contributed by atoms with E-state index in [4.69, 9.17) is 0 Å². The second-order valence-electron chi connectivity index (χ2n) is 5.63. The van der Waals surface area contributed by atoms with Crippen molar-refractivity contribution in [2.45, 2.75) is 32.9 Å². The van der Waals surface area contributed by atoms with Crippen LogP contribution in [0.1, 0.15) is 26.3 Å². The topological polar surface area (TPSA) is 15.3 Å². The lowest BCUT2D eigenvalue weighted by Crippen LogP contribution is -2.40. The van der Waals surface area contributed by atoms with Crippen molar-refractivity contribution in [1.82, 2.24) is 10.2 Å². The van der Waals surface area contributed by atoms with E-state index >= 15 is 0 Å². The summed E-state index contributed by atoms with van der Waals surface area (Å²) in [7, 11) is 1.90. The summed E-state index contributed by atoms with van der Waals surface area (Å²) in [6.45, 7) is 8.30. The van der Waals surface area contributed by atoms with Gasteiger partial charge in [0, 0.05) is 30.7 Å². The third-order valence-corrected chi connectivity index (χ3v) is 2.62. The van der Waals surface area contributed by atoms with Crippen molar-refractivity contribution >= 4 is 0 Å². The zero-order valence-electron chi connectivity index (χ0n) is 11.6. The molecule has 0 aliphatic heterocycles. The molecule has 0 amide bonds. The van der Waals surface area contributed by atoms with E-state index in [0.717, 1.165) is 19.2 Å². The molecule has 1 rings (SSSR count). The van der Waals surface area contributed by atoms with Crippen LogP contribution < -0.4 is 5.32 Å².